The molecule has 1 heterocycles. The molecule has 5 N–H and O–H groups in total. The molecule has 1 unspecified atom stereocenters. The SMILES string of the molecule is CC1(C)CCNC(=O)C(CC2CC2)NC(=O)CNC(=O)CNCCOc2ccccc21.CCC.Cc1cccc(O)c1. The van der Waals surface area contributed by atoms with E-state index in [1.807, 2.05) is 43.3 Å². The van der Waals surface area contributed by atoms with Crippen molar-refractivity contribution in [2.45, 2.75) is 78.2 Å². The number of fused-ring (bicyclic) bond motifs is 1. The summed E-state index contributed by atoms with van der Waals surface area (Å²) in [5.74, 6) is 0.826. The van der Waals surface area contributed by atoms with Crippen LogP contribution in [0.25, 0.3) is 0 Å². The number of rotatable bonds is 2. The predicted octanol–water partition coefficient (Wildman–Crippen LogP) is 3.97. The zero-order valence-electron chi connectivity index (χ0n) is 25.9. The molecule has 0 bridgehead atoms. The van der Waals surface area contributed by atoms with Gasteiger partial charge in [-0.25, -0.2) is 0 Å². The van der Waals surface area contributed by atoms with Gasteiger partial charge in [-0.05, 0) is 60.4 Å². The first-order valence-electron chi connectivity index (χ1n) is 15.1. The van der Waals surface area contributed by atoms with Crippen molar-refractivity contribution in [3.8, 4) is 11.5 Å². The summed E-state index contributed by atoms with van der Waals surface area (Å²) in [6.07, 6.45) is 4.79. The summed E-state index contributed by atoms with van der Waals surface area (Å²) in [6, 6.07) is 14.5. The first-order chi connectivity index (χ1) is 20.1. The van der Waals surface area contributed by atoms with Gasteiger partial charge in [0.2, 0.25) is 17.7 Å². The van der Waals surface area contributed by atoms with Crippen molar-refractivity contribution in [3.05, 3.63) is 59.7 Å². The second-order valence-corrected chi connectivity index (χ2v) is 11.6. The molecule has 0 radical (unpaired) electrons. The fourth-order valence-electron chi connectivity index (χ4n) is 4.38. The van der Waals surface area contributed by atoms with Gasteiger partial charge < -0.3 is 31.1 Å². The molecule has 0 aromatic heterocycles. The molecule has 3 amide bonds. The molecule has 1 fully saturated rings. The van der Waals surface area contributed by atoms with Gasteiger partial charge in [0.15, 0.2) is 0 Å². The zero-order chi connectivity index (χ0) is 31.0. The van der Waals surface area contributed by atoms with Gasteiger partial charge in [0.1, 0.15) is 24.1 Å². The summed E-state index contributed by atoms with van der Waals surface area (Å²) in [5.41, 5.74) is 1.95. The summed E-state index contributed by atoms with van der Waals surface area (Å²) < 4.78 is 5.96. The quantitative estimate of drug-likeness (QED) is 0.365. The minimum absolute atomic E-state index is 0.0930. The molecule has 2 aromatic rings. The lowest BCUT2D eigenvalue weighted by atomic mass is 9.81. The van der Waals surface area contributed by atoms with E-state index in [1.165, 1.54) is 6.42 Å². The van der Waals surface area contributed by atoms with E-state index in [9.17, 15) is 14.4 Å². The molecule has 1 aliphatic heterocycles. The highest BCUT2D eigenvalue weighted by molar-refractivity contribution is 5.90. The molecule has 2 aromatic carbocycles. The van der Waals surface area contributed by atoms with Gasteiger partial charge in [-0.2, -0.15) is 0 Å². The van der Waals surface area contributed by atoms with Crippen LogP contribution in [-0.2, 0) is 19.8 Å². The fraction of sp³-hybridized carbons (Fsp3) is 0.545. The van der Waals surface area contributed by atoms with E-state index in [2.05, 4.69) is 49.0 Å². The molecule has 1 saturated carbocycles. The van der Waals surface area contributed by atoms with Gasteiger partial charge in [0.05, 0.1) is 13.1 Å². The third-order valence-electron chi connectivity index (χ3n) is 6.85. The van der Waals surface area contributed by atoms with E-state index >= 15 is 0 Å². The monoisotopic (exact) mass is 582 g/mol. The van der Waals surface area contributed by atoms with Crippen molar-refractivity contribution in [2.75, 3.05) is 32.8 Å². The topological polar surface area (TPSA) is 129 Å². The molecule has 9 heteroatoms. The van der Waals surface area contributed by atoms with E-state index in [-0.39, 0.29) is 36.2 Å². The molecule has 42 heavy (non-hydrogen) atoms. The van der Waals surface area contributed by atoms with E-state index in [0.717, 1.165) is 36.1 Å². The van der Waals surface area contributed by atoms with Gasteiger partial charge in [-0.1, -0.05) is 77.3 Å². The van der Waals surface area contributed by atoms with E-state index in [1.54, 1.807) is 12.1 Å². The van der Waals surface area contributed by atoms with Crippen LogP contribution in [0.3, 0.4) is 0 Å². The van der Waals surface area contributed by atoms with Gasteiger partial charge in [-0.15, -0.1) is 0 Å². The number of benzene rings is 2. The maximum absolute atomic E-state index is 12.8. The van der Waals surface area contributed by atoms with Crippen molar-refractivity contribution >= 4 is 17.7 Å². The zero-order valence-corrected chi connectivity index (χ0v) is 25.9. The molecular formula is C33H50N4O5. The summed E-state index contributed by atoms with van der Waals surface area (Å²) in [5, 5.41) is 20.2. The minimum Gasteiger partial charge on any atom is -0.508 e. The summed E-state index contributed by atoms with van der Waals surface area (Å²) >= 11 is 0. The molecule has 232 valence electrons. The number of ether oxygens (including phenoxy) is 1. The van der Waals surface area contributed by atoms with Gasteiger partial charge in [0.25, 0.3) is 0 Å². The number of para-hydroxylation sites is 1. The van der Waals surface area contributed by atoms with Crippen molar-refractivity contribution < 1.29 is 24.2 Å². The number of aryl methyl sites for hydroxylation is 1. The second kappa shape index (κ2) is 18.1. The molecule has 0 saturated heterocycles. The first-order valence-corrected chi connectivity index (χ1v) is 15.1. The largest absolute Gasteiger partial charge is 0.508 e. The molecule has 2 aliphatic rings. The maximum Gasteiger partial charge on any atom is 0.242 e. The average Bonchev–Trinajstić information content (AvgIpc) is 3.76. The van der Waals surface area contributed by atoms with Crippen molar-refractivity contribution in [1.29, 1.82) is 0 Å². The van der Waals surface area contributed by atoms with Crippen LogP contribution in [0, 0.1) is 12.8 Å². The molecular weight excluding hydrogens is 532 g/mol. The lowest BCUT2D eigenvalue weighted by Crippen LogP contribution is -2.50. The first kappa shape index (κ1) is 34.6. The van der Waals surface area contributed by atoms with Gasteiger partial charge >= 0.3 is 0 Å². The van der Waals surface area contributed by atoms with Crippen LogP contribution in [0.1, 0.15) is 70.9 Å². The van der Waals surface area contributed by atoms with Crippen molar-refractivity contribution in [2.24, 2.45) is 5.92 Å². The Kier molecular flexibility index (Phi) is 14.9. The third kappa shape index (κ3) is 13.4. The van der Waals surface area contributed by atoms with E-state index < -0.39 is 6.04 Å². The molecule has 4 rings (SSSR count). The van der Waals surface area contributed by atoms with Gasteiger partial charge in [0, 0.05) is 13.1 Å². The van der Waals surface area contributed by atoms with Crippen LogP contribution in [0.2, 0.25) is 0 Å². The lowest BCUT2D eigenvalue weighted by molar-refractivity contribution is -0.129. The second-order valence-electron chi connectivity index (χ2n) is 11.6. The van der Waals surface area contributed by atoms with Crippen molar-refractivity contribution in [1.82, 2.24) is 21.3 Å². The van der Waals surface area contributed by atoms with Crippen LogP contribution in [0.15, 0.2) is 48.5 Å². The molecule has 0 spiro atoms. The Morgan fingerprint density at radius 2 is 1.64 bits per heavy atom. The average molecular weight is 583 g/mol. The van der Waals surface area contributed by atoms with Gasteiger partial charge in [-0.3, -0.25) is 14.4 Å². The third-order valence-corrected chi connectivity index (χ3v) is 6.85. The number of nitrogens with one attached hydrogen (secondary N) is 4. The summed E-state index contributed by atoms with van der Waals surface area (Å²) in [4.78, 5) is 37.0. The number of phenolic OH excluding ortho intramolecular Hbond substituents is 1. The fourth-order valence-corrected chi connectivity index (χ4v) is 4.38. The van der Waals surface area contributed by atoms with Crippen LogP contribution in [0.5, 0.6) is 11.5 Å². The Balaban J connectivity index is 0.000000471. The molecule has 1 atom stereocenters. The van der Waals surface area contributed by atoms with Crippen LogP contribution < -0.4 is 26.0 Å². The smallest absolute Gasteiger partial charge is 0.242 e. The van der Waals surface area contributed by atoms with Crippen LogP contribution in [-0.4, -0.2) is 61.7 Å². The highest BCUT2D eigenvalue weighted by Crippen LogP contribution is 2.35. The maximum atomic E-state index is 12.8. The number of amides is 3. The Labute approximate surface area is 251 Å². The van der Waals surface area contributed by atoms with E-state index in [4.69, 9.17) is 9.84 Å². The minimum atomic E-state index is -0.576. The Hall–Kier alpha value is -3.59. The lowest BCUT2D eigenvalue weighted by Gasteiger charge is -2.28. The Morgan fingerprint density at radius 1 is 0.929 bits per heavy atom. The van der Waals surface area contributed by atoms with Crippen LogP contribution in [0.4, 0.5) is 0 Å². The number of carbonyl (C=O) groups is 3. The highest BCUT2D eigenvalue weighted by atomic mass is 16.5. The number of carbonyl (C=O) groups excluding carboxylic acids is 3. The highest BCUT2D eigenvalue weighted by Gasteiger charge is 2.31. The summed E-state index contributed by atoms with van der Waals surface area (Å²) in [7, 11) is 0. The van der Waals surface area contributed by atoms with Crippen LogP contribution >= 0.6 is 0 Å². The van der Waals surface area contributed by atoms with Crippen molar-refractivity contribution in [3.63, 3.8) is 0 Å². The Morgan fingerprint density at radius 3 is 2.29 bits per heavy atom. The number of hydrogen-bond acceptors (Lipinski definition) is 6. The molecule has 9 nitrogen and oxygen atoms in total. The van der Waals surface area contributed by atoms with E-state index in [0.29, 0.717) is 37.8 Å². The summed E-state index contributed by atoms with van der Waals surface area (Å²) in [6.45, 7) is 11.8. The Bertz CT molecular complexity index is 1120. The predicted molar refractivity (Wildman–Crippen MR) is 167 cm³/mol. The molecule has 1 aliphatic carbocycles. The normalized spacial score (nSPS) is 19.7. The number of hydrogen-bond donors (Lipinski definition) is 5. The standard InChI is InChI=1S/C23H34N4O4.C7H8O.C3H8/c1-23(2)9-10-25-22(30)18(13-16-7-8-16)27-21(29)15-26-20(28)14-24-11-12-31-19-6-4-3-5-17(19)23;1-6-3-2-4-7(8)5-6;1-3-2/h3-6,16,18,24H,7-15H2,1-2H3,(H,25,30)(H,26,28)(H,27,29);2-5,8H,1H3;3H2,1-2H3. The number of aromatic hydroxyl groups is 1. The number of phenols is 1.